The van der Waals surface area contributed by atoms with Crippen LogP contribution in [0, 0.1) is 0 Å². The molecule has 0 bridgehead atoms. The Balaban J connectivity index is 1.93. The van der Waals surface area contributed by atoms with Gasteiger partial charge in [0.05, 0.1) is 11.9 Å². The van der Waals surface area contributed by atoms with Gasteiger partial charge in [-0.05, 0) is 55.9 Å². The van der Waals surface area contributed by atoms with Crippen LogP contribution in [0.15, 0.2) is 61.3 Å². The molecule has 1 atom stereocenters. The maximum Gasteiger partial charge on any atom is 0.0973 e. The summed E-state index contributed by atoms with van der Waals surface area (Å²) in [4.78, 5) is 4.47. The van der Waals surface area contributed by atoms with Crippen LogP contribution < -0.4 is 0 Å². The second-order valence-electron chi connectivity index (χ2n) is 5.78. The highest BCUT2D eigenvalue weighted by Gasteiger charge is 1.99. The molecule has 1 aromatic heterocycles. The van der Waals surface area contributed by atoms with Crippen molar-refractivity contribution in [2.45, 2.75) is 38.8 Å². The van der Waals surface area contributed by atoms with Crippen LogP contribution in [0.2, 0.25) is 0 Å². The first kappa shape index (κ1) is 17.1. The van der Waals surface area contributed by atoms with E-state index in [1.165, 1.54) is 5.56 Å². The topological polar surface area (TPSA) is 12.9 Å². The number of aromatic nitrogens is 1. The van der Waals surface area contributed by atoms with E-state index in [9.17, 15) is 4.39 Å². The minimum absolute atomic E-state index is 0.624. The van der Waals surface area contributed by atoms with Gasteiger partial charge < -0.3 is 0 Å². The molecule has 1 heterocycles. The minimum atomic E-state index is -0.710. The summed E-state index contributed by atoms with van der Waals surface area (Å²) in [5.41, 5.74) is 4.47. The van der Waals surface area contributed by atoms with Gasteiger partial charge in [0, 0.05) is 11.8 Å². The first-order chi connectivity index (χ1) is 11.2. The van der Waals surface area contributed by atoms with Gasteiger partial charge in [0.1, 0.15) is 0 Å². The quantitative estimate of drug-likeness (QED) is 0.429. The first-order valence-corrected chi connectivity index (χ1v) is 8.16. The lowest BCUT2D eigenvalue weighted by atomic mass is 10.0. The highest BCUT2D eigenvalue weighted by Crippen LogP contribution is 2.20. The third-order valence-corrected chi connectivity index (χ3v) is 3.71. The summed E-state index contributed by atoms with van der Waals surface area (Å²) in [6, 6.07) is 12.6. The van der Waals surface area contributed by atoms with Crippen molar-refractivity contribution in [1.82, 2.24) is 4.98 Å². The smallest absolute Gasteiger partial charge is 0.0973 e. The number of hydrogen-bond donors (Lipinski definition) is 0. The van der Waals surface area contributed by atoms with Gasteiger partial charge in [-0.25, -0.2) is 4.39 Å². The molecule has 1 aromatic carbocycles. The van der Waals surface area contributed by atoms with Crippen molar-refractivity contribution in [3.63, 3.8) is 0 Å². The van der Waals surface area contributed by atoms with Crippen LogP contribution in [-0.4, -0.2) is 11.2 Å². The van der Waals surface area contributed by atoms with Crippen LogP contribution in [0.1, 0.15) is 37.4 Å². The zero-order valence-electron chi connectivity index (χ0n) is 13.7. The fourth-order valence-electron chi connectivity index (χ4n) is 2.40. The number of benzene rings is 1. The monoisotopic (exact) mass is 309 g/mol. The van der Waals surface area contributed by atoms with Crippen LogP contribution in [-0.2, 0) is 6.42 Å². The predicted molar refractivity (Wildman–Crippen MR) is 97.0 cm³/mol. The fraction of sp³-hybridized carbons (Fsp3) is 0.286. The molecule has 2 heteroatoms. The summed E-state index contributed by atoms with van der Waals surface area (Å²) >= 11 is 0. The molecule has 0 amide bonds. The summed E-state index contributed by atoms with van der Waals surface area (Å²) in [6.07, 6.45) is 10.4. The molecule has 0 saturated heterocycles. The Morgan fingerprint density at radius 3 is 2.48 bits per heavy atom. The highest BCUT2D eigenvalue weighted by atomic mass is 19.1. The maximum absolute atomic E-state index is 12.7. The van der Waals surface area contributed by atoms with E-state index in [1.807, 2.05) is 24.4 Å². The van der Waals surface area contributed by atoms with Crippen molar-refractivity contribution in [1.29, 1.82) is 0 Å². The predicted octanol–water partition coefficient (Wildman–Crippen LogP) is 6.02. The van der Waals surface area contributed by atoms with E-state index >= 15 is 0 Å². The molecule has 0 aliphatic heterocycles. The molecule has 0 fully saturated rings. The van der Waals surface area contributed by atoms with Crippen LogP contribution in [0.4, 0.5) is 4.39 Å². The number of alkyl halides is 1. The number of pyridine rings is 1. The molecule has 0 radical (unpaired) electrons. The Bertz CT molecular complexity index is 624. The third kappa shape index (κ3) is 5.82. The molecule has 120 valence electrons. The molecular weight excluding hydrogens is 285 g/mol. The lowest BCUT2D eigenvalue weighted by Gasteiger charge is -2.03. The third-order valence-electron chi connectivity index (χ3n) is 3.71. The summed E-state index contributed by atoms with van der Waals surface area (Å²) in [6.45, 7) is 5.36. The fourth-order valence-corrected chi connectivity index (χ4v) is 2.40. The van der Waals surface area contributed by atoms with E-state index in [1.54, 1.807) is 6.92 Å². The molecule has 2 rings (SSSR count). The van der Waals surface area contributed by atoms with Gasteiger partial charge in [0.15, 0.2) is 0 Å². The molecule has 1 unspecified atom stereocenters. The first-order valence-electron chi connectivity index (χ1n) is 8.16. The summed E-state index contributed by atoms with van der Waals surface area (Å²) in [5.74, 6) is 0. The number of rotatable bonds is 8. The average Bonchev–Trinajstić information content (AvgIpc) is 2.56. The minimum Gasteiger partial charge on any atom is -0.256 e. The van der Waals surface area contributed by atoms with Crippen molar-refractivity contribution in [2.24, 2.45) is 0 Å². The number of allylic oxidation sites excluding steroid dienone is 2. The van der Waals surface area contributed by atoms with Crippen molar-refractivity contribution in [2.75, 3.05) is 0 Å². The molecule has 23 heavy (non-hydrogen) atoms. The van der Waals surface area contributed by atoms with Gasteiger partial charge in [0.2, 0.25) is 0 Å². The number of unbranched alkanes of at least 4 members (excludes halogenated alkanes) is 1. The Labute approximate surface area is 138 Å². The molecule has 0 N–H and O–H groups in total. The zero-order chi connectivity index (χ0) is 16.5. The lowest BCUT2D eigenvalue weighted by Crippen LogP contribution is -1.90. The molecule has 0 aliphatic rings. The van der Waals surface area contributed by atoms with E-state index in [2.05, 4.69) is 48.0 Å². The van der Waals surface area contributed by atoms with Crippen molar-refractivity contribution >= 4 is 6.08 Å². The second kappa shape index (κ2) is 9.04. The Hall–Kier alpha value is -2.22. The van der Waals surface area contributed by atoms with Crippen LogP contribution >= 0.6 is 0 Å². The zero-order valence-corrected chi connectivity index (χ0v) is 13.7. The van der Waals surface area contributed by atoms with Gasteiger partial charge in [-0.15, -0.1) is 6.58 Å². The Kier molecular flexibility index (Phi) is 6.74. The van der Waals surface area contributed by atoms with Crippen LogP contribution in [0.3, 0.4) is 0 Å². The second-order valence-corrected chi connectivity index (χ2v) is 5.78. The normalized spacial score (nSPS) is 12.4. The average molecular weight is 309 g/mol. The number of halogens is 1. The maximum atomic E-state index is 12.7. The van der Waals surface area contributed by atoms with Gasteiger partial charge in [-0.2, -0.15) is 0 Å². The van der Waals surface area contributed by atoms with Crippen molar-refractivity contribution in [3.8, 4) is 11.1 Å². The largest absolute Gasteiger partial charge is 0.256 e. The number of nitrogens with zero attached hydrogens (tertiary/aromatic N) is 1. The standard InChI is InChI=1S/C21H24FN/c1-3-7-18-10-12-19(13-11-18)20-14-15-21(23-16-20)9-6-4-5-8-17(2)22/h3,6,9-17H,1,4-5,7-8H2,2H3/b9-6+. The highest BCUT2D eigenvalue weighted by molar-refractivity contribution is 5.63. The van der Waals surface area contributed by atoms with Crippen LogP contribution in [0.25, 0.3) is 17.2 Å². The van der Waals surface area contributed by atoms with E-state index in [4.69, 9.17) is 0 Å². The lowest BCUT2D eigenvalue weighted by molar-refractivity contribution is 0.335. The van der Waals surface area contributed by atoms with Crippen molar-refractivity contribution in [3.05, 3.63) is 72.6 Å². The molecular formula is C21H24FN. The van der Waals surface area contributed by atoms with Gasteiger partial charge >= 0.3 is 0 Å². The van der Waals surface area contributed by atoms with E-state index in [0.29, 0.717) is 6.42 Å². The van der Waals surface area contributed by atoms with E-state index < -0.39 is 6.17 Å². The molecule has 0 spiro atoms. The summed E-state index contributed by atoms with van der Waals surface area (Å²) < 4.78 is 12.7. The summed E-state index contributed by atoms with van der Waals surface area (Å²) in [7, 11) is 0. The van der Waals surface area contributed by atoms with Gasteiger partial charge in [-0.3, -0.25) is 4.98 Å². The molecule has 2 aromatic rings. The Morgan fingerprint density at radius 1 is 1.13 bits per heavy atom. The SMILES string of the molecule is C=CCc1ccc(-c2ccc(/C=C/CCCC(C)F)nc2)cc1. The molecule has 1 nitrogen and oxygen atoms in total. The summed E-state index contributed by atoms with van der Waals surface area (Å²) in [5, 5.41) is 0. The number of hydrogen-bond acceptors (Lipinski definition) is 1. The van der Waals surface area contributed by atoms with Crippen molar-refractivity contribution < 1.29 is 4.39 Å². The van der Waals surface area contributed by atoms with Gasteiger partial charge in [0.25, 0.3) is 0 Å². The van der Waals surface area contributed by atoms with Gasteiger partial charge in [-0.1, -0.05) is 42.5 Å². The van der Waals surface area contributed by atoms with E-state index in [-0.39, 0.29) is 0 Å². The Morgan fingerprint density at radius 2 is 1.87 bits per heavy atom. The molecule has 0 aliphatic carbocycles. The molecule has 0 saturated carbocycles. The van der Waals surface area contributed by atoms with E-state index in [0.717, 1.165) is 36.1 Å². The van der Waals surface area contributed by atoms with Crippen LogP contribution in [0.5, 0.6) is 0 Å².